The van der Waals surface area contributed by atoms with Gasteiger partial charge in [-0.2, -0.15) is 0 Å². The Morgan fingerprint density at radius 3 is 2.11 bits per heavy atom. The van der Waals surface area contributed by atoms with E-state index < -0.39 is 15.6 Å². The average Bonchev–Trinajstić information content (AvgIpc) is 2.85. The second-order valence-electron chi connectivity index (χ2n) is 8.28. The minimum atomic E-state index is -3.59. The summed E-state index contributed by atoms with van der Waals surface area (Å²) >= 11 is 0. The number of hydrogen-bond donors (Lipinski definition) is 3. The van der Waals surface area contributed by atoms with Gasteiger partial charge in [0.1, 0.15) is 0 Å². The van der Waals surface area contributed by atoms with Gasteiger partial charge in [0.15, 0.2) is 0 Å². The summed E-state index contributed by atoms with van der Waals surface area (Å²) in [6.07, 6.45) is 7.64. The van der Waals surface area contributed by atoms with Crippen LogP contribution in [0, 0.1) is 0 Å². The number of nitrogens with one attached hydrogen (secondary N) is 3. The summed E-state index contributed by atoms with van der Waals surface area (Å²) in [5.41, 5.74) is -0.0988. The molecule has 1 amide bonds. The Morgan fingerprint density at radius 1 is 1.00 bits per heavy atom. The maximum Gasteiger partial charge on any atom is 0.251 e. The third-order valence-corrected chi connectivity index (χ3v) is 6.34. The minimum absolute atomic E-state index is 0. The summed E-state index contributed by atoms with van der Waals surface area (Å²) in [5, 5.41) is 6.40. The molecule has 0 spiro atoms. The van der Waals surface area contributed by atoms with Crippen molar-refractivity contribution in [3.8, 4) is 0 Å². The Bertz CT molecular complexity index is 707. The van der Waals surface area contributed by atoms with Crippen LogP contribution in [0.3, 0.4) is 0 Å². The molecule has 28 heavy (non-hydrogen) atoms. The predicted octanol–water partition coefficient (Wildman–Crippen LogP) is 3.23. The van der Waals surface area contributed by atoms with Crippen LogP contribution < -0.4 is 15.4 Å². The van der Waals surface area contributed by atoms with Crippen LogP contribution in [0.2, 0.25) is 0 Å². The second kappa shape index (κ2) is 11.1. The molecule has 1 aliphatic carbocycles. The standard InChI is InChI=1S/C20H33N3O3S.ClH/c1-20(2,3)23-27(25,26)18-12-10-16(11-13-18)19(24)22-15-14-21-17-8-6-4-5-7-9-17;/h10-13,17,21,23H,4-9,14-15H2,1-3H3,(H,22,24);1H. The van der Waals surface area contributed by atoms with Crippen LogP contribution in [-0.4, -0.2) is 39.0 Å². The molecular formula is C20H34ClN3O3S. The quantitative estimate of drug-likeness (QED) is 0.457. The zero-order valence-corrected chi connectivity index (χ0v) is 18.7. The van der Waals surface area contributed by atoms with Gasteiger partial charge in [-0.15, -0.1) is 12.4 Å². The van der Waals surface area contributed by atoms with Crippen molar-refractivity contribution in [2.24, 2.45) is 0 Å². The number of carbonyl (C=O) groups excluding carboxylic acids is 1. The van der Waals surface area contributed by atoms with Crippen molar-refractivity contribution in [2.75, 3.05) is 13.1 Å². The molecule has 1 aromatic carbocycles. The van der Waals surface area contributed by atoms with E-state index in [4.69, 9.17) is 0 Å². The van der Waals surface area contributed by atoms with Crippen LogP contribution in [0.25, 0.3) is 0 Å². The van der Waals surface area contributed by atoms with E-state index in [1.165, 1.54) is 50.7 Å². The Hall–Kier alpha value is -1.15. The van der Waals surface area contributed by atoms with E-state index in [-0.39, 0.29) is 23.2 Å². The van der Waals surface area contributed by atoms with Gasteiger partial charge in [-0.3, -0.25) is 4.79 Å². The third-order valence-electron chi connectivity index (χ3n) is 4.57. The van der Waals surface area contributed by atoms with Crippen LogP contribution >= 0.6 is 12.4 Å². The largest absolute Gasteiger partial charge is 0.351 e. The van der Waals surface area contributed by atoms with Gasteiger partial charge in [-0.25, -0.2) is 13.1 Å². The molecule has 160 valence electrons. The topological polar surface area (TPSA) is 87.3 Å². The zero-order chi connectivity index (χ0) is 19.9. The van der Waals surface area contributed by atoms with Gasteiger partial charge in [0.25, 0.3) is 5.91 Å². The smallest absolute Gasteiger partial charge is 0.251 e. The van der Waals surface area contributed by atoms with Crippen LogP contribution in [-0.2, 0) is 10.0 Å². The SMILES string of the molecule is CC(C)(C)NS(=O)(=O)c1ccc(C(=O)NCCNC2CCCCCC2)cc1.Cl. The fraction of sp³-hybridized carbons (Fsp3) is 0.650. The number of hydrogen-bond acceptors (Lipinski definition) is 4. The summed E-state index contributed by atoms with van der Waals surface area (Å²) in [6.45, 7) is 6.67. The summed E-state index contributed by atoms with van der Waals surface area (Å²) in [5.74, 6) is -0.189. The first-order valence-corrected chi connectivity index (χ1v) is 11.3. The van der Waals surface area contributed by atoms with Crippen molar-refractivity contribution in [3.05, 3.63) is 29.8 Å². The van der Waals surface area contributed by atoms with E-state index in [9.17, 15) is 13.2 Å². The number of amides is 1. The first-order valence-electron chi connectivity index (χ1n) is 9.83. The van der Waals surface area contributed by atoms with Gasteiger partial charge >= 0.3 is 0 Å². The Balaban J connectivity index is 0.00000392. The Morgan fingerprint density at radius 2 is 1.57 bits per heavy atom. The lowest BCUT2D eigenvalue weighted by Gasteiger charge is -2.20. The molecule has 6 nitrogen and oxygen atoms in total. The van der Waals surface area contributed by atoms with Gasteiger partial charge in [0.2, 0.25) is 10.0 Å². The molecule has 1 aromatic rings. The van der Waals surface area contributed by atoms with E-state index in [2.05, 4.69) is 15.4 Å². The van der Waals surface area contributed by atoms with E-state index in [1.807, 2.05) is 0 Å². The predicted molar refractivity (Wildman–Crippen MR) is 116 cm³/mol. The zero-order valence-electron chi connectivity index (χ0n) is 17.1. The summed E-state index contributed by atoms with van der Waals surface area (Å²) in [7, 11) is -3.59. The number of sulfonamides is 1. The average molecular weight is 432 g/mol. The van der Waals surface area contributed by atoms with Gasteiger partial charge < -0.3 is 10.6 Å². The molecule has 3 N–H and O–H groups in total. The Kier molecular flexibility index (Phi) is 9.90. The highest BCUT2D eigenvalue weighted by Gasteiger charge is 2.22. The van der Waals surface area contributed by atoms with Crippen molar-refractivity contribution in [2.45, 2.75) is 75.8 Å². The molecule has 0 atom stereocenters. The molecule has 0 heterocycles. The minimum Gasteiger partial charge on any atom is -0.351 e. The highest BCUT2D eigenvalue weighted by molar-refractivity contribution is 7.89. The molecular weight excluding hydrogens is 398 g/mol. The Labute approximate surface area is 175 Å². The molecule has 0 radical (unpaired) electrons. The van der Waals surface area contributed by atoms with Crippen molar-refractivity contribution in [1.82, 2.24) is 15.4 Å². The van der Waals surface area contributed by atoms with Crippen LogP contribution in [0.5, 0.6) is 0 Å². The molecule has 8 heteroatoms. The third kappa shape index (κ3) is 8.47. The fourth-order valence-electron chi connectivity index (χ4n) is 3.29. The second-order valence-corrected chi connectivity index (χ2v) is 9.96. The van der Waals surface area contributed by atoms with Crippen LogP contribution in [0.1, 0.15) is 69.7 Å². The normalized spacial score (nSPS) is 16.1. The van der Waals surface area contributed by atoms with Gasteiger partial charge in [-0.05, 0) is 57.9 Å². The summed E-state index contributed by atoms with van der Waals surface area (Å²) < 4.78 is 27.2. The van der Waals surface area contributed by atoms with E-state index in [0.717, 1.165) is 6.54 Å². The lowest BCUT2D eigenvalue weighted by Crippen LogP contribution is -2.40. The number of halogens is 1. The lowest BCUT2D eigenvalue weighted by atomic mass is 10.1. The van der Waals surface area contributed by atoms with Crippen molar-refractivity contribution >= 4 is 28.3 Å². The lowest BCUT2D eigenvalue weighted by molar-refractivity contribution is 0.0953. The van der Waals surface area contributed by atoms with E-state index in [0.29, 0.717) is 18.2 Å². The van der Waals surface area contributed by atoms with E-state index in [1.54, 1.807) is 32.9 Å². The van der Waals surface area contributed by atoms with Crippen LogP contribution in [0.15, 0.2) is 29.2 Å². The van der Waals surface area contributed by atoms with Gasteiger partial charge in [0.05, 0.1) is 4.90 Å². The maximum atomic E-state index is 12.3. The number of benzene rings is 1. The first kappa shape index (κ1) is 24.9. The van der Waals surface area contributed by atoms with Crippen molar-refractivity contribution in [1.29, 1.82) is 0 Å². The summed E-state index contributed by atoms with van der Waals surface area (Å²) in [6, 6.07) is 6.58. The molecule has 0 saturated heterocycles. The molecule has 2 rings (SSSR count). The molecule has 0 aliphatic heterocycles. The molecule has 0 bridgehead atoms. The monoisotopic (exact) mass is 431 g/mol. The molecule has 1 fully saturated rings. The number of rotatable bonds is 7. The highest BCUT2D eigenvalue weighted by Crippen LogP contribution is 2.17. The van der Waals surface area contributed by atoms with E-state index >= 15 is 0 Å². The van der Waals surface area contributed by atoms with Crippen molar-refractivity contribution < 1.29 is 13.2 Å². The highest BCUT2D eigenvalue weighted by atomic mass is 35.5. The number of carbonyl (C=O) groups is 1. The molecule has 0 unspecified atom stereocenters. The molecule has 0 aromatic heterocycles. The summed E-state index contributed by atoms with van der Waals surface area (Å²) in [4.78, 5) is 12.4. The van der Waals surface area contributed by atoms with Gasteiger partial charge in [-0.1, -0.05) is 25.7 Å². The molecule has 1 aliphatic rings. The van der Waals surface area contributed by atoms with Crippen molar-refractivity contribution in [3.63, 3.8) is 0 Å². The first-order chi connectivity index (χ1) is 12.7. The van der Waals surface area contributed by atoms with Gasteiger partial charge in [0, 0.05) is 30.2 Å². The van der Waals surface area contributed by atoms with Crippen LogP contribution in [0.4, 0.5) is 0 Å². The molecule has 1 saturated carbocycles. The fourth-order valence-corrected chi connectivity index (χ4v) is 4.70. The maximum absolute atomic E-state index is 12.3.